The molecule has 1 aliphatic rings. The van der Waals surface area contributed by atoms with E-state index in [9.17, 15) is 5.11 Å². The number of hydrogen-bond donors (Lipinski definition) is 1. The van der Waals surface area contributed by atoms with Gasteiger partial charge in [0.1, 0.15) is 0 Å². The van der Waals surface area contributed by atoms with Crippen LogP contribution in [0, 0.1) is 0 Å². The van der Waals surface area contributed by atoms with Crippen LogP contribution in [0.3, 0.4) is 0 Å². The van der Waals surface area contributed by atoms with Gasteiger partial charge in [0.15, 0.2) is 0 Å². The zero-order valence-corrected chi connectivity index (χ0v) is 15.3. The Labute approximate surface area is 156 Å². The number of aliphatic hydroxyl groups excluding tert-OH is 1. The van der Waals surface area contributed by atoms with Gasteiger partial charge >= 0.3 is 0 Å². The van der Waals surface area contributed by atoms with Crippen molar-refractivity contribution in [3.05, 3.63) is 90.0 Å². The fourth-order valence-corrected chi connectivity index (χ4v) is 3.51. The average molecular weight is 348 g/mol. The van der Waals surface area contributed by atoms with Crippen molar-refractivity contribution in [1.82, 2.24) is 0 Å². The Bertz CT molecular complexity index is 706. The Morgan fingerprint density at radius 1 is 1.00 bits per heavy atom. The monoisotopic (exact) mass is 348 g/mol. The summed E-state index contributed by atoms with van der Waals surface area (Å²) < 4.78 is 6.25. The Balaban J connectivity index is 1.49. The molecule has 1 aliphatic heterocycles. The molecule has 1 N–H and O–H groups in total. The van der Waals surface area contributed by atoms with Crippen LogP contribution in [-0.4, -0.2) is 23.4 Å². The molecular formula is C24H28O2. The topological polar surface area (TPSA) is 29.5 Å². The van der Waals surface area contributed by atoms with Crippen LogP contribution in [0.15, 0.2) is 78.9 Å². The first-order chi connectivity index (χ1) is 12.7. The van der Waals surface area contributed by atoms with E-state index in [1.807, 2.05) is 48.6 Å². The van der Waals surface area contributed by atoms with E-state index in [1.54, 1.807) is 0 Å². The molecule has 2 nitrogen and oxygen atoms in total. The molecule has 0 spiro atoms. The van der Waals surface area contributed by atoms with Crippen molar-refractivity contribution in [3.63, 3.8) is 0 Å². The zero-order valence-electron chi connectivity index (χ0n) is 15.3. The van der Waals surface area contributed by atoms with E-state index >= 15 is 0 Å². The number of aryl methyl sites for hydroxylation is 1. The van der Waals surface area contributed by atoms with Gasteiger partial charge in [0.2, 0.25) is 0 Å². The first-order valence-electron chi connectivity index (χ1n) is 9.46. The lowest BCUT2D eigenvalue weighted by Gasteiger charge is -2.32. The van der Waals surface area contributed by atoms with Gasteiger partial charge in [-0.1, -0.05) is 85.0 Å². The number of rotatable bonds is 7. The highest BCUT2D eigenvalue weighted by molar-refractivity contribution is 5.49. The van der Waals surface area contributed by atoms with E-state index in [0.717, 1.165) is 31.2 Å². The van der Waals surface area contributed by atoms with Gasteiger partial charge in [0, 0.05) is 6.42 Å². The molecule has 2 aromatic rings. The normalized spacial score (nSPS) is 21.8. The van der Waals surface area contributed by atoms with E-state index in [2.05, 4.69) is 30.8 Å². The molecule has 0 aromatic heterocycles. The van der Waals surface area contributed by atoms with Gasteiger partial charge < -0.3 is 9.84 Å². The Morgan fingerprint density at radius 3 is 2.38 bits per heavy atom. The van der Waals surface area contributed by atoms with E-state index in [-0.39, 0.29) is 12.2 Å². The lowest BCUT2D eigenvalue weighted by Crippen LogP contribution is -2.31. The van der Waals surface area contributed by atoms with Crippen molar-refractivity contribution in [2.45, 2.75) is 50.4 Å². The van der Waals surface area contributed by atoms with Gasteiger partial charge in [-0.25, -0.2) is 0 Å². The molecule has 2 aromatic carbocycles. The molecule has 2 heteroatoms. The minimum Gasteiger partial charge on any atom is -0.389 e. The maximum atomic E-state index is 10.3. The first-order valence-corrected chi connectivity index (χ1v) is 9.46. The largest absolute Gasteiger partial charge is 0.389 e. The van der Waals surface area contributed by atoms with Crippen molar-refractivity contribution in [2.75, 3.05) is 0 Å². The summed E-state index contributed by atoms with van der Waals surface area (Å²) >= 11 is 0. The van der Waals surface area contributed by atoms with Gasteiger partial charge in [0.05, 0.1) is 18.3 Å². The summed E-state index contributed by atoms with van der Waals surface area (Å²) in [6.07, 6.45) is 7.98. The minimum absolute atomic E-state index is 0.0486. The van der Waals surface area contributed by atoms with Crippen LogP contribution in [0.25, 0.3) is 6.08 Å². The van der Waals surface area contributed by atoms with Crippen molar-refractivity contribution in [1.29, 1.82) is 0 Å². The molecule has 3 atom stereocenters. The minimum atomic E-state index is -0.499. The third-order valence-corrected chi connectivity index (χ3v) is 4.83. The molecule has 1 fully saturated rings. The van der Waals surface area contributed by atoms with Gasteiger partial charge in [-0.2, -0.15) is 0 Å². The van der Waals surface area contributed by atoms with Crippen LogP contribution in [-0.2, 0) is 11.2 Å². The summed E-state index contributed by atoms with van der Waals surface area (Å²) in [6, 6.07) is 20.6. The van der Waals surface area contributed by atoms with Crippen LogP contribution in [0.4, 0.5) is 0 Å². The summed E-state index contributed by atoms with van der Waals surface area (Å²) in [6.45, 7) is 4.19. The quantitative estimate of drug-likeness (QED) is 0.698. The number of aliphatic hydroxyl groups is 1. The molecule has 0 amide bonds. The highest BCUT2D eigenvalue weighted by Crippen LogP contribution is 2.28. The van der Waals surface area contributed by atoms with Crippen LogP contribution in [0.1, 0.15) is 36.8 Å². The predicted octanol–water partition coefficient (Wildman–Crippen LogP) is 5.19. The third kappa shape index (κ3) is 5.98. The summed E-state index contributed by atoms with van der Waals surface area (Å²) in [4.78, 5) is 0. The summed E-state index contributed by atoms with van der Waals surface area (Å²) in [5.74, 6) is 0. The summed E-state index contributed by atoms with van der Waals surface area (Å²) in [5, 5.41) is 10.3. The van der Waals surface area contributed by atoms with Crippen LogP contribution in [0.5, 0.6) is 0 Å². The standard InChI is InChI=1S/C24H28O2/c1-19-16-23(15-13-21-10-6-3-7-11-21)26-24(17-19)18-22(25)14-12-20-8-4-2-5-9-20/h2-12,14,22-25H,1,13,15-18H2/b14-12+/t22?,23-,24-/m0/s1. The lowest BCUT2D eigenvalue weighted by molar-refractivity contribution is -0.0499. The second kappa shape index (κ2) is 9.51. The maximum Gasteiger partial charge on any atom is 0.0749 e. The molecule has 0 radical (unpaired) electrons. The number of hydrogen-bond acceptors (Lipinski definition) is 2. The van der Waals surface area contributed by atoms with E-state index in [1.165, 1.54) is 11.1 Å². The molecule has 26 heavy (non-hydrogen) atoms. The number of ether oxygens (including phenoxy) is 1. The van der Waals surface area contributed by atoms with Crippen molar-refractivity contribution in [3.8, 4) is 0 Å². The third-order valence-electron chi connectivity index (χ3n) is 4.83. The van der Waals surface area contributed by atoms with Crippen molar-refractivity contribution in [2.24, 2.45) is 0 Å². The summed E-state index contributed by atoms with van der Waals surface area (Å²) in [7, 11) is 0. The Hall–Kier alpha value is -2.16. The van der Waals surface area contributed by atoms with Crippen molar-refractivity contribution < 1.29 is 9.84 Å². The highest BCUT2D eigenvalue weighted by Gasteiger charge is 2.25. The average Bonchev–Trinajstić information content (AvgIpc) is 2.66. The van der Waals surface area contributed by atoms with Gasteiger partial charge in [-0.3, -0.25) is 0 Å². The zero-order chi connectivity index (χ0) is 18.2. The lowest BCUT2D eigenvalue weighted by atomic mass is 9.93. The second-order valence-electron chi connectivity index (χ2n) is 7.14. The first kappa shape index (κ1) is 18.6. The molecular weight excluding hydrogens is 320 g/mol. The van der Waals surface area contributed by atoms with Crippen LogP contribution >= 0.6 is 0 Å². The molecule has 0 saturated carbocycles. The molecule has 1 saturated heterocycles. The van der Waals surface area contributed by atoms with Gasteiger partial charge in [0.25, 0.3) is 0 Å². The van der Waals surface area contributed by atoms with Crippen LogP contribution < -0.4 is 0 Å². The molecule has 1 heterocycles. The fraction of sp³-hybridized carbons (Fsp3) is 0.333. The van der Waals surface area contributed by atoms with E-state index in [0.29, 0.717) is 6.42 Å². The summed E-state index contributed by atoms with van der Waals surface area (Å²) in [5.41, 5.74) is 3.68. The molecule has 0 aliphatic carbocycles. The van der Waals surface area contributed by atoms with Crippen LogP contribution in [0.2, 0.25) is 0 Å². The van der Waals surface area contributed by atoms with Gasteiger partial charge in [-0.15, -0.1) is 0 Å². The van der Waals surface area contributed by atoms with E-state index < -0.39 is 6.10 Å². The molecule has 0 bridgehead atoms. The smallest absolute Gasteiger partial charge is 0.0749 e. The maximum absolute atomic E-state index is 10.3. The Morgan fingerprint density at radius 2 is 1.65 bits per heavy atom. The van der Waals surface area contributed by atoms with E-state index in [4.69, 9.17) is 4.74 Å². The molecule has 1 unspecified atom stereocenters. The second-order valence-corrected chi connectivity index (χ2v) is 7.14. The van der Waals surface area contributed by atoms with Crippen molar-refractivity contribution >= 4 is 6.08 Å². The Kier molecular flexibility index (Phi) is 6.82. The molecule has 136 valence electrons. The van der Waals surface area contributed by atoms with Gasteiger partial charge in [-0.05, 0) is 36.8 Å². The highest BCUT2D eigenvalue weighted by atomic mass is 16.5. The number of benzene rings is 2. The molecule has 3 rings (SSSR count). The SMILES string of the molecule is C=C1C[C@H](CCc2ccccc2)O[C@H](CC(O)/C=C/c2ccccc2)C1. The predicted molar refractivity (Wildman–Crippen MR) is 108 cm³/mol. The fourth-order valence-electron chi connectivity index (χ4n) is 3.51.